The molecule has 0 aliphatic heterocycles. The summed E-state index contributed by atoms with van der Waals surface area (Å²) >= 11 is 0. The van der Waals surface area contributed by atoms with Gasteiger partial charge in [0.2, 0.25) is 0 Å². The Morgan fingerprint density at radius 1 is 1.50 bits per heavy atom. The van der Waals surface area contributed by atoms with Crippen molar-refractivity contribution in [1.82, 2.24) is 0 Å². The van der Waals surface area contributed by atoms with Gasteiger partial charge in [-0.1, -0.05) is 6.92 Å². The molecule has 1 N–H and O–H groups in total. The van der Waals surface area contributed by atoms with Crippen molar-refractivity contribution in [2.45, 2.75) is 38.1 Å². The molecular formula is C13H15FN2. The first-order chi connectivity index (χ1) is 7.69. The Labute approximate surface area is 95.1 Å². The van der Waals surface area contributed by atoms with E-state index in [1.54, 1.807) is 6.07 Å². The fourth-order valence-electron chi connectivity index (χ4n) is 2.16. The average molecular weight is 218 g/mol. The van der Waals surface area contributed by atoms with Crippen molar-refractivity contribution in [3.63, 3.8) is 0 Å². The maximum atomic E-state index is 13.4. The molecule has 1 aromatic rings. The summed E-state index contributed by atoms with van der Waals surface area (Å²) in [5, 5.41) is 12.0. The van der Waals surface area contributed by atoms with Gasteiger partial charge in [0.15, 0.2) is 0 Å². The van der Waals surface area contributed by atoms with Gasteiger partial charge < -0.3 is 5.32 Å². The summed E-state index contributed by atoms with van der Waals surface area (Å²) in [6.07, 6.45) is 4.57. The first-order valence-corrected chi connectivity index (χ1v) is 5.67. The highest BCUT2D eigenvalue weighted by Crippen LogP contribution is 2.38. The lowest BCUT2D eigenvalue weighted by Crippen LogP contribution is -2.44. The molecule has 1 aliphatic rings. The van der Waals surface area contributed by atoms with Crippen molar-refractivity contribution in [3.05, 3.63) is 29.6 Å². The third kappa shape index (κ3) is 1.88. The number of rotatable bonds is 3. The predicted molar refractivity (Wildman–Crippen MR) is 61.6 cm³/mol. The zero-order valence-electron chi connectivity index (χ0n) is 9.39. The Morgan fingerprint density at radius 2 is 2.25 bits per heavy atom. The van der Waals surface area contributed by atoms with Gasteiger partial charge in [-0.3, -0.25) is 0 Å². The number of anilines is 1. The molecule has 0 bridgehead atoms. The van der Waals surface area contributed by atoms with Crippen LogP contribution in [0.25, 0.3) is 0 Å². The van der Waals surface area contributed by atoms with E-state index in [-0.39, 0.29) is 11.1 Å². The molecule has 0 amide bonds. The Hall–Kier alpha value is -1.56. The molecule has 1 saturated carbocycles. The lowest BCUT2D eigenvalue weighted by atomic mass is 9.74. The predicted octanol–water partition coefficient (Wildman–Crippen LogP) is 3.44. The quantitative estimate of drug-likeness (QED) is 0.843. The van der Waals surface area contributed by atoms with Crippen LogP contribution in [0.1, 0.15) is 38.2 Å². The lowest BCUT2D eigenvalue weighted by Gasteiger charge is -2.43. The van der Waals surface area contributed by atoms with E-state index in [0.29, 0.717) is 0 Å². The number of nitrogens with one attached hydrogen (secondary N) is 1. The first-order valence-electron chi connectivity index (χ1n) is 5.67. The molecular weight excluding hydrogens is 203 g/mol. The Morgan fingerprint density at radius 3 is 2.69 bits per heavy atom. The van der Waals surface area contributed by atoms with Crippen molar-refractivity contribution >= 4 is 5.69 Å². The number of nitrogens with zero attached hydrogens (tertiary/aromatic N) is 1. The van der Waals surface area contributed by atoms with Gasteiger partial charge in [-0.05, 0) is 43.9 Å². The summed E-state index contributed by atoms with van der Waals surface area (Å²) in [5.41, 5.74) is 1.03. The fraction of sp³-hybridized carbons (Fsp3) is 0.462. The van der Waals surface area contributed by atoms with Crippen molar-refractivity contribution in [2.75, 3.05) is 5.32 Å². The molecule has 0 aromatic heterocycles. The van der Waals surface area contributed by atoms with Gasteiger partial charge in [-0.15, -0.1) is 0 Å². The summed E-state index contributed by atoms with van der Waals surface area (Å²) < 4.78 is 13.4. The van der Waals surface area contributed by atoms with Crippen molar-refractivity contribution < 1.29 is 4.39 Å². The number of hydrogen-bond acceptors (Lipinski definition) is 2. The number of benzene rings is 1. The summed E-state index contributed by atoms with van der Waals surface area (Å²) in [5.74, 6) is -0.446. The molecule has 2 rings (SSSR count). The summed E-state index contributed by atoms with van der Waals surface area (Å²) in [4.78, 5) is 0. The minimum atomic E-state index is -0.446. The molecule has 3 heteroatoms. The van der Waals surface area contributed by atoms with Crippen LogP contribution < -0.4 is 5.32 Å². The molecule has 16 heavy (non-hydrogen) atoms. The molecule has 0 unspecified atom stereocenters. The van der Waals surface area contributed by atoms with E-state index in [9.17, 15) is 4.39 Å². The third-order valence-electron chi connectivity index (χ3n) is 3.49. The minimum Gasteiger partial charge on any atom is -0.380 e. The molecule has 0 spiro atoms. The van der Waals surface area contributed by atoms with Crippen molar-refractivity contribution in [1.29, 1.82) is 5.26 Å². The number of nitriles is 1. The topological polar surface area (TPSA) is 35.8 Å². The standard InChI is InChI=1S/C13H15FN2/c1-2-13(6-3-7-13)16-11-5-4-10(9-15)12(14)8-11/h4-5,8,16H,2-3,6-7H2,1H3. The Bertz CT molecular complexity index is 425. The van der Waals surface area contributed by atoms with Crippen molar-refractivity contribution in [3.8, 4) is 6.07 Å². The van der Waals surface area contributed by atoms with Gasteiger partial charge >= 0.3 is 0 Å². The first kappa shape index (κ1) is 10.9. The monoisotopic (exact) mass is 218 g/mol. The van der Waals surface area contributed by atoms with E-state index < -0.39 is 5.82 Å². The molecule has 1 aliphatic carbocycles. The molecule has 0 saturated heterocycles. The highest BCUT2D eigenvalue weighted by Gasteiger charge is 2.34. The molecule has 1 fully saturated rings. The highest BCUT2D eigenvalue weighted by molar-refractivity contribution is 5.50. The normalized spacial score (nSPS) is 17.3. The second kappa shape index (κ2) is 4.13. The van der Waals surface area contributed by atoms with E-state index in [2.05, 4.69) is 12.2 Å². The second-order valence-corrected chi connectivity index (χ2v) is 4.42. The van der Waals surface area contributed by atoms with Crippen LogP contribution >= 0.6 is 0 Å². The molecule has 1 aromatic carbocycles. The molecule has 84 valence electrons. The maximum absolute atomic E-state index is 13.4. The van der Waals surface area contributed by atoms with Gasteiger partial charge in [0.1, 0.15) is 11.9 Å². The van der Waals surface area contributed by atoms with Crippen LogP contribution in [0.4, 0.5) is 10.1 Å². The van der Waals surface area contributed by atoms with Crippen molar-refractivity contribution in [2.24, 2.45) is 0 Å². The molecule has 0 heterocycles. The molecule has 2 nitrogen and oxygen atoms in total. The number of halogens is 1. The molecule has 0 atom stereocenters. The van der Waals surface area contributed by atoms with E-state index in [1.807, 2.05) is 6.07 Å². The Balaban J connectivity index is 2.16. The van der Waals surface area contributed by atoms with Gasteiger partial charge in [-0.25, -0.2) is 4.39 Å². The summed E-state index contributed by atoms with van der Waals surface area (Å²) in [6.45, 7) is 2.15. The van der Waals surface area contributed by atoms with Gasteiger partial charge in [-0.2, -0.15) is 5.26 Å². The van der Waals surface area contributed by atoms with Gasteiger partial charge in [0.05, 0.1) is 5.56 Å². The van der Waals surface area contributed by atoms with E-state index >= 15 is 0 Å². The van der Waals surface area contributed by atoms with Gasteiger partial charge in [0.25, 0.3) is 0 Å². The Kier molecular flexibility index (Phi) is 2.82. The van der Waals surface area contributed by atoms with E-state index in [1.165, 1.54) is 18.6 Å². The largest absolute Gasteiger partial charge is 0.380 e. The zero-order chi connectivity index (χ0) is 11.6. The number of hydrogen-bond donors (Lipinski definition) is 1. The zero-order valence-corrected chi connectivity index (χ0v) is 9.39. The highest BCUT2D eigenvalue weighted by atomic mass is 19.1. The van der Waals surface area contributed by atoms with Crippen LogP contribution in [-0.4, -0.2) is 5.54 Å². The average Bonchev–Trinajstić information content (AvgIpc) is 2.24. The maximum Gasteiger partial charge on any atom is 0.143 e. The van der Waals surface area contributed by atoms with Gasteiger partial charge in [0, 0.05) is 11.2 Å². The van der Waals surface area contributed by atoms with Crippen LogP contribution in [0.15, 0.2) is 18.2 Å². The third-order valence-corrected chi connectivity index (χ3v) is 3.49. The van der Waals surface area contributed by atoms with Crippen LogP contribution in [0.3, 0.4) is 0 Å². The second-order valence-electron chi connectivity index (χ2n) is 4.42. The van der Waals surface area contributed by atoms with E-state index in [4.69, 9.17) is 5.26 Å². The smallest absolute Gasteiger partial charge is 0.143 e. The summed E-state index contributed by atoms with van der Waals surface area (Å²) in [6, 6.07) is 6.54. The van der Waals surface area contributed by atoms with Crippen LogP contribution in [-0.2, 0) is 0 Å². The molecule has 0 radical (unpaired) electrons. The van der Waals surface area contributed by atoms with Crippen LogP contribution in [0, 0.1) is 17.1 Å². The van der Waals surface area contributed by atoms with Crippen LogP contribution in [0.2, 0.25) is 0 Å². The minimum absolute atomic E-state index is 0.102. The SMILES string of the molecule is CCC1(Nc2ccc(C#N)c(F)c2)CCC1. The fourth-order valence-corrected chi connectivity index (χ4v) is 2.16. The lowest BCUT2D eigenvalue weighted by molar-refractivity contribution is 0.269. The van der Waals surface area contributed by atoms with Crippen LogP contribution in [0.5, 0.6) is 0 Å². The van der Waals surface area contributed by atoms with E-state index in [0.717, 1.165) is 24.9 Å². The summed E-state index contributed by atoms with van der Waals surface area (Å²) in [7, 11) is 0.